The van der Waals surface area contributed by atoms with Crippen LogP contribution in [0.1, 0.15) is 20.3 Å². The summed E-state index contributed by atoms with van der Waals surface area (Å²) < 4.78 is 0. The Morgan fingerprint density at radius 3 is 2.75 bits per heavy atom. The lowest BCUT2D eigenvalue weighted by Crippen LogP contribution is -2.25. The van der Waals surface area contributed by atoms with Gasteiger partial charge in [-0.1, -0.05) is 13.8 Å². The number of hydrogen-bond acceptors (Lipinski definition) is 3. The molecule has 3 heteroatoms. The summed E-state index contributed by atoms with van der Waals surface area (Å²) >= 11 is 0. The molecule has 1 aliphatic rings. The zero-order valence-electron chi connectivity index (χ0n) is 7.97. The third-order valence-corrected chi connectivity index (χ3v) is 2.21. The Morgan fingerprint density at radius 2 is 2.25 bits per heavy atom. The molecule has 1 aliphatic heterocycles. The number of nitrogens with one attached hydrogen (secondary N) is 1. The molecule has 0 fully saturated rings. The highest BCUT2D eigenvalue weighted by molar-refractivity contribution is 5.01. The summed E-state index contributed by atoms with van der Waals surface area (Å²) in [5.41, 5.74) is 4.12. The van der Waals surface area contributed by atoms with E-state index in [0.29, 0.717) is 6.61 Å². The lowest BCUT2D eigenvalue weighted by atomic mass is 10.3. The van der Waals surface area contributed by atoms with E-state index in [-0.39, 0.29) is 0 Å². The van der Waals surface area contributed by atoms with Gasteiger partial charge in [0.05, 0.1) is 6.61 Å². The van der Waals surface area contributed by atoms with Crippen molar-refractivity contribution in [2.45, 2.75) is 20.3 Å². The highest BCUT2D eigenvalue weighted by atomic mass is 16.6. The van der Waals surface area contributed by atoms with Crippen molar-refractivity contribution in [3.8, 4) is 0 Å². The quantitative estimate of drug-likeness (QED) is 0.669. The SMILES string of the molecule is CCN(CC)CCC1=CCON1. The summed E-state index contributed by atoms with van der Waals surface area (Å²) in [6.07, 6.45) is 3.17. The standard InChI is InChI=1S/C9H18N2O/c1-3-11(4-2)7-5-9-6-8-12-10-9/h6,10H,3-5,7-8H2,1-2H3. The second-order valence-electron chi connectivity index (χ2n) is 2.92. The number of hydrogen-bond donors (Lipinski definition) is 1. The van der Waals surface area contributed by atoms with Gasteiger partial charge in [-0.2, -0.15) is 0 Å². The molecule has 0 spiro atoms. The van der Waals surface area contributed by atoms with E-state index in [1.807, 2.05) is 0 Å². The summed E-state index contributed by atoms with van der Waals surface area (Å²) in [4.78, 5) is 7.40. The van der Waals surface area contributed by atoms with Crippen molar-refractivity contribution in [1.82, 2.24) is 10.4 Å². The minimum atomic E-state index is 0.716. The molecule has 0 unspecified atom stereocenters. The largest absolute Gasteiger partial charge is 0.303 e. The fraction of sp³-hybridized carbons (Fsp3) is 0.778. The highest BCUT2D eigenvalue weighted by Gasteiger charge is 2.05. The van der Waals surface area contributed by atoms with Gasteiger partial charge in [-0.15, -0.1) is 0 Å². The Hall–Kier alpha value is -0.540. The molecule has 0 bridgehead atoms. The summed E-state index contributed by atoms with van der Waals surface area (Å²) in [7, 11) is 0. The smallest absolute Gasteiger partial charge is 0.0947 e. The summed E-state index contributed by atoms with van der Waals surface area (Å²) in [6.45, 7) is 8.48. The monoisotopic (exact) mass is 170 g/mol. The number of nitrogens with zero attached hydrogens (tertiary/aromatic N) is 1. The van der Waals surface area contributed by atoms with Crippen molar-refractivity contribution in [3.05, 3.63) is 11.8 Å². The Kier molecular flexibility index (Phi) is 4.11. The molecule has 0 aliphatic carbocycles. The van der Waals surface area contributed by atoms with Gasteiger partial charge < -0.3 is 4.90 Å². The molecule has 12 heavy (non-hydrogen) atoms. The van der Waals surface area contributed by atoms with Crippen LogP contribution in [-0.2, 0) is 4.84 Å². The first kappa shape index (κ1) is 9.55. The van der Waals surface area contributed by atoms with Crippen LogP contribution in [-0.4, -0.2) is 31.1 Å². The lowest BCUT2D eigenvalue weighted by molar-refractivity contribution is 0.105. The van der Waals surface area contributed by atoms with Gasteiger partial charge >= 0.3 is 0 Å². The minimum absolute atomic E-state index is 0.716. The van der Waals surface area contributed by atoms with Gasteiger partial charge in [0.1, 0.15) is 0 Å². The van der Waals surface area contributed by atoms with E-state index in [2.05, 4.69) is 30.3 Å². The molecule has 1 N–H and O–H groups in total. The van der Waals surface area contributed by atoms with Crippen LogP contribution in [0.25, 0.3) is 0 Å². The first-order valence-electron chi connectivity index (χ1n) is 4.66. The lowest BCUT2D eigenvalue weighted by Gasteiger charge is -2.17. The summed E-state index contributed by atoms with van der Waals surface area (Å²) in [5.74, 6) is 0. The molecular formula is C9H18N2O. The Bertz CT molecular complexity index is 153. The molecule has 0 aromatic heterocycles. The van der Waals surface area contributed by atoms with E-state index in [9.17, 15) is 0 Å². The van der Waals surface area contributed by atoms with Gasteiger partial charge in [0.2, 0.25) is 0 Å². The second-order valence-corrected chi connectivity index (χ2v) is 2.92. The molecule has 0 radical (unpaired) electrons. The Morgan fingerprint density at radius 1 is 1.50 bits per heavy atom. The first-order valence-corrected chi connectivity index (χ1v) is 4.66. The van der Waals surface area contributed by atoms with Crippen LogP contribution < -0.4 is 5.48 Å². The van der Waals surface area contributed by atoms with Gasteiger partial charge in [0.15, 0.2) is 0 Å². The molecule has 0 saturated carbocycles. The number of hydroxylamine groups is 1. The molecule has 70 valence electrons. The topological polar surface area (TPSA) is 24.5 Å². The van der Waals surface area contributed by atoms with Crippen molar-refractivity contribution >= 4 is 0 Å². The van der Waals surface area contributed by atoms with Gasteiger partial charge in [-0.25, -0.2) is 0 Å². The highest BCUT2D eigenvalue weighted by Crippen LogP contribution is 2.04. The molecule has 0 atom stereocenters. The predicted octanol–water partition coefficient (Wildman–Crippen LogP) is 1.14. The van der Waals surface area contributed by atoms with Crippen LogP contribution in [0, 0.1) is 0 Å². The summed E-state index contributed by atoms with van der Waals surface area (Å²) in [6, 6.07) is 0. The van der Waals surface area contributed by atoms with Crippen LogP contribution in [0.15, 0.2) is 11.8 Å². The third kappa shape index (κ3) is 2.83. The van der Waals surface area contributed by atoms with E-state index < -0.39 is 0 Å². The van der Waals surface area contributed by atoms with E-state index >= 15 is 0 Å². The minimum Gasteiger partial charge on any atom is -0.303 e. The number of rotatable bonds is 5. The van der Waals surface area contributed by atoms with E-state index in [0.717, 1.165) is 26.1 Å². The van der Waals surface area contributed by atoms with Crippen LogP contribution in [0.3, 0.4) is 0 Å². The maximum Gasteiger partial charge on any atom is 0.0947 e. The molecule has 0 saturated heterocycles. The Labute approximate surface area is 74.3 Å². The second kappa shape index (κ2) is 5.17. The molecular weight excluding hydrogens is 152 g/mol. The predicted molar refractivity (Wildman–Crippen MR) is 49.6 cm³/mol. The average Bonchev–Trinajstić information content (AvgIpc) is 2.59. The van der Waals surface area contributed by atoms with Crippen LogP contribution >= 0.6 is 0 Å². The van der Waals surface area contributed by atoms with Gasteiger partial charge in [0.25, 0.3) is 0 Å². The molecule has 1 heterocycles. The van der Waals surface area contributed by atoms with Crippen LogP contribution in [0.4, 0.5) is 0 Å². The maximum atomic E-state index is 5.00. The van der Waals surface area contributed by atoms with Crippen molar-refractivity contribution in [3.63, 3.8) is 0 Å². The third-order valence-electron chi connectivity index (χ3n) is 2.21. The molecule has 1 rings (SSSR count). The zero-order chi connectivity index (χ0) is 8.81. The van der Waals surface area contributed by atoms with Crippen molar-refractivity contribution < 1.29 is 4.84 Å². The molecule has 0 aromatic rings. The van der Waals surface area contributed by atoms with Gasteiger partial charge in [-0.3, -0.25) is 10.3 Å². The van der Waals surface area contributed by atoms with E-state index in [1.165, 1.54) is 5.70 Å². The maximum absolute atomic E-state index is 5.00. The molecule has 3 nitrogen and oxygen atoms in total. The zero-order valence-corrected chi connectivity index (χ0v) is 7.97. The van der Waals surface area contributed by atoms with E-state index in [4.69, 9.17) is 4.84 Å². The van der Waals surface area contributed by atoms with Crippen LogP contribution in [0.5, 0.6) is 0 Å². The summed E-state index contributed by atoms with van der Waals surface area (Å²) in [5, 5.41) is 0. The van der Waals surface area contributed by atoms with Gasteiger partial charge in [0, 0.05) is 18.7 Å². The van der Waals surface area contributed by atoms with Gasteiger partial charge in [-0.05, 0) is 19.2 Å². The Balaban J connectivity index is 2.14. The molecule has 0 amide bonds. The van der Waals surface area contributed by atoms with Crippen molar-refractivity contribution in [1.29, 1.82) is 0 Å². The fourth-order valence-electron chi connectivity index (χ4n) is 1.29. The fourth-order valence-corrected chi connectivity index (χ4v) is 1.29. The van der Waals surface area contributed by atoms with Crippen molar-refractivity contribution in [2.24, 2.45) is 0 Å². The van der Waals surface area contributed by atoms with Crippen LogP contribution in [0.2, 0.25) is 0 Å². The first-order chi connectivity index (χ1) is 5.86. The van der Waals surface area contributed by atoms with E-state index in [1.54, 1.807) is 0 Å². The normalized spacial score (nSPS) is 16.4. The van der Waals surface area contributed by atoms with Crippen molar-refractivity contribution in [2.75, 3.05) is 26.2 Å². The molecule has 0 aromatic carbocycles. The average molecular weight is 170 g/mol.